The summed E-state index contributed by atoms with van der Waals surface area (Å²) in [5.41, 5.74) is 0.944. The van der Waals surface area contributed by atoms with Gasteiger partial charge in [0, 0.05) is 17.0 Å². The second-order valence-electron chi connectivity index (χ2n) is 4.40. The van der Waals surface area contributed by atoms with E-state index in [9.17, 15) is 18.0 Å². The van der Waals surface area contributed by atoms with E-state index < -0.39 is 23.9 Å². The molecule has 0 spiro atoms. The monoisotopic (exact) mass is 288 g/mol. The van der Waals surface area contributed by atoms with Crippen LogP contribution in [0.25, 0.3) is 5.78 Å². The van der Waals surface area contributed by atoms with Crippen LogP contribution in [0.5, 0.6) is 0 Å². The molecule has 0 radical (unpaired) electrons. The Hall–Kier alpha value is -2.19. The van der Waals surface area contributed by atoms with Crippen molar-refractivity contribution in [2.45, 2.75) is 32.9 Å². The first-order chi connectivity index (χ1) is 9.12. The molecule has 6 nitrogen and oxygen atoms in total. The molecule has 2 aromatic heterocycles. The van der Waals surface area contributed by atoms with Gasteiger partial charge in [0.1, 0.15) is 0 Å². The largest absolute Gasteiger partial charge is 0.481 e. The lowest BCUT2D eigenvalue weighted by molar-refractivity contribution is -0.144. The number of aliphatic carboxylic acids is 1. The van der Waals surface area contributed by atoms with E-state index in [4.69, 9.17) is 5.11 Å². The van der Waals surface area contributed by atoms with Crippen LogP contribution in [0.15, 0.2) is 0 Å². The van der Waals surface area contributed by atoms with Crippen LogP contribution in [-0.2, 0) is 11.0 Å². The van der Waals surface area contributed by atoms with Gasteiger partial charge in [0.2, 0.25) is 0 Å². The van der Waals surface area contributed by atoms with Gasteiger partial charge in [-0.1, -0.05) is 0 Å². The molecular formula is C11H11F3N4O2. The zero-order valence-electron chi connectivity index (χ0n) is 10.9. The minimum absolute atomic E-state index is 0.200. The average molecular weight is 288 g/mol. The van der Waals surface area contributed by atoms with E-state index in [2.05, 4.69) is 15.1 Å². The fourth-order valence-electron chi connectivity index (χ4n) is 2.06. The number of aryl methyl sites for hydroxylation is 2. The number of rotatable bonds is 2. The van der Waals surface area contributed by atoms with E-state index in [-0.39, 0.29) is 11.5 Å². The van der Waals surface area contributed by atoms with Crippen LogP contribution in [0.3, 0.4) is 0 Å². The zero-order valence-corrected chi connectivity index (χ0v) is 10.9. The summed E-state index contributed by atoms with van der Waals surface area (Å²) in [7, 11) is 0. The smallest absolute Gasteiger partial charge is 0.453 e. The van der Waals surface area contributed by atoms with Crippen molar-refractivity contribution in [1.82, 2.24) is 19.6 Å². The zero-order chi connectivity index (χ0) is 15.2. The molecule has 2 aromatic rings. The topological polar surface area (TPSA) is 80.4 Å². The van der Waals surface area contributed by atoms with E-state index in [1.165, 1.54) is 20.8 Å². The Balaban J connectivity index is 2.72. The van der Waals surface area contributed by atoms with E-state index in [0.29, 0.717) is 11.3 Å². The molecule has 0 saturated heterocycles. The van der Waals surface area contributed by atoms with Gasteiger partial charge in [0.15, 0.2) is 0 Å². The van der Waals surface area contributed by atoms with Gasteiger partial charge >= 0.3 is 12.1 Å². The van der Waals surface area contributed by atoms with Crippen molar-refractivity contribution in [3.63, 3.8) is 0 Å². The Labute approximate surface area is 111 Å². The lowest BCUT2D eigenvalue weighted by Gasteiger charge is -2.13. The van der Waals surface area contributed by atoms with Crippen LogP contribution >= 0.6 is 0 Å². The van der Waals surface area contributed by atoms with Crippen molar-refractivity contribution in [2.75, 3.05) is 0 Å². The molecule has 0 aromatic carbocycles. The highest BCUT2D eigenvalue weighted by atomic mass is 19.4. The highest BCUT2D eigenvalue weighted by Gasteiger charge is 2.37. The first-order valence-corrected chi connectivity index (χ1v) is 5.66. The predicted octanol–water partition coefficient (Wildman–Crippen LogP) is 1.95. The standard InChI is InChI=1S/C11H11F3N4O2/c1-4(8(19)20)7-5(2)15-10-16-9(11(12,13)14)17-18(10)6(7)3/h4H,1-3H3,(H,19,20). The molecule has 1 atom stereocenters. The number of halogens is 3. The van der Waals surface area contributed by atoms with Crippen molar-refractivity contribution in [3.05, 3.63) is 22.8 Å². The summed E-state index contributed by atoms with van der Waals surface area (Å²) in [5, 5.41) is 12.4. The molecule has 108 valence electrons. The van der Waals surface area contributed by atoms with Crippen LogP contribution < -0.4 is 0 Å². The number of hydrogen-bond donors (Lipinski definition) is 1. The number of nitrogens with zero attached hydrogens (tertiary/aromatic N) is 4. The second kappa shape index (κ2) is 4.43. The summed E-state index contributed by atoms with van der Waals surface area (Å²) in [6.45, 7) is 4.46. The molecule has 0 aliphatic carbocycles. The van der Waals surface area contributed by atoms with Gasteiger partial charge in [-0.05, 0) is 20.8 Å². The third-order valence-corrected chi connectivity index (χ3v) is 3.01. The SMILES string of the molecule is Cc1nc2nc(C(F)(F)F)nn2c(C)c1C(C)C(=O)O. The highest BCUT2D eigenvalue weighted by Crippen LogP contribution is 2.28. The molecule has 0 saturated carbocycles. The predicted molar refractivity (Wildman–Crippen MR) is 61.3 cm³/mol. The average Bonchev–Trinajstić information content (AvgIpc) is 2.72. The maximum Gasteiger partial charge on any atom is 0.453 e. The van der Waals surface area contributed by atoms with E-state index >= 15 is 0 Å². The van der Waals surface area contributed by atoms with E-state index in [1.54, 1.807) is 0 Å². The summed E-state index contributed by atoms with van der Waals surface area (Å²) in [5.74, 6) is -3.49. The molecule has 0 bridgehead atoms. The number of carbonyl (C=O) groups is 1. The number of carboxylic acids is 1. The normalized spacial score (nSPS) is 13.7. The van der Waals surface area contributed by atoms with Crippen molar-refractivity contribution in [3.8, 4) is 0 Å². The van der Waals surface area contributed by atoms with Crippen molar-refractivity contribution < 1.29 is 23.1 Å². The molecule has 0 aliphatic heterocycles. The Morgan fingerprint density at radius 1 is 1.30 bits per heavy atom. The molecule has 1 unspecified atom stereocenters. The maximum absolute atomic E-state index is 12.6. The summed E-state index contributed by atoms with van der Waals surface area (Å²) < 4.78 is 38.7. The van der Waals surface area contributed by atoms with Crippen molar-refractivity contribution >= 4 is 11.7 Å². The van der Waals surface area contributed by atoms with Crippen LogP contribution in [0.4, 0.5) is 13.2 Å². The Morgan fingerprint density at radius 3 is 2.40 bits per heavy atom. The van der Waals surface area contributed by atoms with Gasteiger partial charge in [-0.25, -0.2) is 9.50 Å². The quantitative estimate of drug-likeness (QED) is 0.913. The minimum atomic E-state index is -4.67. The molecule has 2 rings (SSSR count). The highest BCUT2D eigenvalue weighted by molar-refractivity contribution is 5.76. The van der Waals surface area contributed by atoms with Crippen molar-refractivity contribution in [1.29, 1.82) is 0 Å². The van der Waals surface area contributed by atoms with Gasteiger partial charge < -0.3 is 5.11 Å². The lowest BCUT2D eigenvalue weighted by atomic mass is 9.98. The summed E-state index contributed by atoms with van der Waals surface area (Å²) >= 11 is 0. The number of aromatic nitrogens is 4. The Morgan fingerprint density at radius 2 is 1.90 bits per heavy atom. The number of fused-ring (bicyclic) bond motifs is 1. The first-order valence-electron chi connectivity index (χ1n) is 5.66. The van der Waals surface area contributed by atoms with Crippen LogP contribution in [0.2, 0.25) is 0 Å². The van der Waals surface area contributed by atoms with Gasteiger partial charge in [-0.2, -0.15) is 18.2 Å². The molecule has 0 aliphatic rings. The van der Waals surface area contributed by atoms with Gasteiger partial charge in [-0.3, -0.25) is 4.79 Å². The molecule has 0 fully saturated rings. The second-order valence-corrected chi connectivity index (χ2v) is 4.40. The fraction of sp³-hybridized carbons (Fsp3) is 0.455. The molecule has 9 heteroatoms. The Kier molecular flexibility index (Phi) is 3.15. The van der Waals surface area contributed by atoms with Crippen LogP contribution in [0, 0.1) is 13.8 Å². The van der Waals surface area contributed by atoms with Gasteiger partial charge in [0.05, 0.1) is 5.92 Å². The first kappa shape index (κ1) is 14.2. The summed E-state index contributed by atoms with van der Waals surface area (Å²) in [6, 6.07) is 0. The minimum Gasteiger partial charge on any atom is -0.481 e. The molecule has 0 amide bonds. The Bertz CT molecular complexity index is 693. The van der Waals surface area contributed by atoms with E-state index in [0.717, 1.165) is 4.52 Å². The molecule has 1 N–H and O–H groups in total. The fourth-order valence-corrected chi connectivity index (χ4v) is 2.06. The van der Waals surface area contributed by atoms with Crippen molar-refractivity contribution in [2.24, 2.45) is 0 Å². The van der Waals surface area contributed by atoms with Crippen LogP contribution in [-0.4, -0.2) is 30.7 Å². The lowest BCUT2D eigenvalue weighted by Crippen LogP contribution is -2.15. The number of carboxylic acid groups (broad SMARTS) is 1. The number of hydrogen-bond acceptors (Lipinski definition) is 4. The third kappa shape index (κ3) is 2.19. The van der Waals surface area contributed by atoms with E-state index in [1.807, 2.05) is 0 Å². The molecule has 2 heterocycles. The number of alkyl halides is 3. The summed E-state index contributed by atoms with van der Waals surface area (Å²) in [6.07, 6.45) is -4.67. The maximum atomic E-state index is 12.6. The van der Waals surface area contributed by atoms with Gasteiger partial charge in [-0.15, -0.1) is 5.10 Å². The molecule has 20 heavy (non-hydrogen) atoms. The summed E-state index contributed by atoms with van der Waals surface area (Å²) in [4.78, 5) is 18.3. The van der Waals surface area contributed by atoms with Crippen LogP contribution in [0.1, 0.15) is 35.6 Å². The van der Waals surface area contributed by atoms with Gasteiger partial charge in [0.25, 0.3) is 11.6 Å². The molecular weight excluding hydrogens is 277 g/mol. The third-order valence-electron chi connectivity index (χ3n) is 3.01.